The average Bonchev–Trinajstić information content (AvgIpc) is 2.57. The Labute approximate surface area is 78.9 Å². The number of hydrogen-bond acceptors (Lipinski definition) is 4. The summed E-state index contributed by atoms with van der Waals surface area (Å²) in [6.45, 7) is 0.523. The van der Waals surface area contributed by atoms with Gasteiger partial charge in [-0.15, -0.1) is 0 Å². The second kappa shape index (κ2) is 6.34. The van der Waals surface area contributed by atoms with Crippen molar-refractivity contribution in [2.24, 2.45) is 0 Å². The fourth-order valence-corrected chi connectivity index (χ4v) is 3.91. The van der Waals surface area contributed by atoms with Crippen molar-refractivity contribution in [3.05, 3.63) is 24.2 Å². The Morgan fingerprint density at radius 1 is 1.50 bits per heavy atom. The quantitative estimate of drug-likeness (QED) is 0.415. The van der Waals surface area contributed by atoms with Crippen molar-refractivity contribution in [3.8, 4) is 0 Å². The van der Waals surface area contributed by atoms with Gasteiger partial charge in [0.1, 0.15) is 16.2 Å². The molecule has 0 aliphatic rings. The van der Waals surface area contributed by atoms with Crippen molar-refractivity contribution in [3.63, 3.8) is 0 Å². The van der Waals surface area contributed by atoms with Crippen molar-refractivity contribution >= 4 is 30.5 Å². The molecule has 68 valence electrons. The molecular formula is C5H12O4Si3. The minimum absolute atomic E-state index is 0.523. The SMILES string of the molecule is [SiH3]O[SiH2]O[SiH2]OCc1ccco1. The first-order valence-electron chi connectivity index (χ1n) is 3.60. The van der Waals surface area contributed by atoms with E-state index in [0.29, 0.717) is 6.61 Å². The van der Waals surface area contributed by atoms with E-state index in [2.05, 4.69) is 0 Å². The number of rotatable bonds is 6. The van der Waals surface area contributed by atoms with Crippen LogP contribution in [0.5, 0.6) is 0 Å². The van der Waals surface area contributed by atoms with Gasteiger partial charge in [0.15, 0.2) is 0 Å². The summed E-state index contributed by atoms with van der Waals surface area (Å²) in [6.07, 6.45) is 1.64. The zero-order valence-corrected chi connectivity index (χ0v) is 11.8. The molecule has 0 bridgehead atoms. The van der Waals surface area contributed by atoms with E-state index in [0.717, 1.165) is 16.2 Å². The van der Waals surface area contributed by atoms with Crippen LogP contribution in [0.2, 0.25) is 0 Å². The molecule has 7 heteroatoms. The van der Waals surface area contributed by atoms with Crippen LogP contribution in [0.4, 0.5) is 0 Å². The highest BCUT2D eigenvalue weighted by atomic mass is 28.4. The van der Waals surface area contributed by atoms with Crippen LogP contribution >= 0.6 is 0 Å². The Balaban J connectivity index is 1.96. The van der Waals surface area contributed by atoms with Crippen molar-refractivity contribution in [2.75, 3.05) is 0 Å². The molecule has 0 N–H and O–H groups in total. The first-order chi connectivity index (χ1) is 5.93. The molecule has 0 aliphatic heterocycles. The van der Waals surface area contributed by atoms with Gasteiger partial charge in [0.25, 0.3) is 20.0 Å². The van der Waals surface area contributed by atoms with E-state index in [1.807, 2.05) is 12.1 Å². The van der Waals surface area contributed by atoms with Gasteiger partial charge in [-0.05, 0) is 12.1 Å². The topological polar surface area (TPSA) is 40.8 Å². The molecule has 12 heavy (non-hydrogen) atoms. The third-order valence-corrected chi connectivity index (χ3v) is 3.84. The fraction of sp³-hybridized carbons (Fsp3) is 0.200. The van der Waals surface area contributed by atoms with Crippen LogP contribution in [0, 0.1) is 0 Å². The molecule has 1 aromatic rings. The normalized spacial score (nSPS) is 12.7. The van der Waals surface area contributed by atoms with Crippen molar-refractivity contribution < 1.29 is 17.1 Å². The fourth-order valence-electron chi connectivity index (χ4n) is 0.713. The highest BCUT2D eigenvalue weighted by Crippen LogP contribution is 2.00. The van der Waals surface area contributed by atoms with Crippen LogP contribution in [0.15, 0.2) is 22.8 Å². The smallest absolute Gasteiger partial charge is 0.295 e. The van der Waals surface area contributed by atoms with Gasteiger partial charge < -0.3 is 17.1 Å². The number of hydrogen-bond donors (Lipinski definition) is 0. The second-order valence-electron chi connectivity index (χ2n) is 2.16. The molecule has 0 aromatic carbocycles. The summed E-state index contributed by atoms with van der Waals surface area (Å²) in [4.78, 5) is 0. The van der Waals surface area contributed by atoms with E-state index in [1.165, 1.54) is 0 Å². The lowest BCUT2D eigenvalue weighted by molar-refractivity contribution is 0.247. The zero-order chi connectivity index (χ0) is 8.65. The van der Waals surface area contributed by atoms with E-state index in [-0.39, 0.29) is 0 Å². The van der Waals surface area contributed by atoms with Crippen LogP contribution in [-0.2, 0) is 19.3 Å². The van der Waals surface area contributed by atoms with E-state index in [9.17, 15) is 0 Å². The van der Waals surface area contributed by atoms with Crippen LogP contribution < -0.4 is 0 Å². The molecule has 0 radical (unpaired) electrons. The Bertz CT molecular complexity index is 191. The molecule has 1 rings (SSSR count). The van der Waals surface area contributed by atoms with Gasteiger partial charge in [0.2, 0.25) is 0 Å². The van der Waals surface area contributed by atoms with Gasteiger partial charge in [0, 0.05) is 0 Å². The molecule has 0 saturated heterocycles. The molecule has 0 amide bonds. The highest BCUT2D eigenvalue weighted by molar-refractivity contribution is 6.37. The maximum atomic E-state index is 5.27. The van der Waals surface area contributed by atoms with Crippen LogP contribution in [-0.4, -0.2) is 30.5 Å². The Morgan fingerprint density at radius 3 is 3.08 bits per heavy atom. The van der Waals surface area contributed by atoms with Gasteiger partial charge in [-0.2, -0.15) is 0 Å². The van der Waals surface area contributed by atoms with Crippen molar-refractivity contribution in [1.82, 2.24) is 0 Å². The van der Waals surface area contributed by atoms with E-state index in [1.54, 1.807) is 6.26 Å². The summed E-state index contributed by atoms with van der Waals surface area (Å²) >= 11 is 0. The minimum Gasteiger partial charge on any atom is -0.467 e. The van der Waals surface area contributed by atoms with Gasteiger partial charge in [-0.25, -0.2) is 0 Å². The Morgan fingerprint density at radius 2 is 2.42 bits per heavy atom. The molecule has 0 atom stereocenters. The molecule has 0 aliphatic carbocycles. The first kappa shape index (κ1) is 9.90. The lowest BCUT2D eigenvalue weighted by Crippen LogP contribution is -2.09. The summed E-state index contributed by atoms with van der Waals surface area (Å²) in [7, 11) is -0.748. The first-order valence-corrected chi connectivity index (χ1v) is 6.73. The lowest BCUT2D eigenvalue weighted by Gasteiger charge is -2.01. The molecular weight excluding hydrogens is 208 g/mol. The Kier molecular flexibility index (Phi) is 5.23. The van der Waals surface area contributed by atoms with Crippen molar-refractivity contribution in [1.29, 1.82) is 0 Å². The average molecular weight is 220 g/mol. The summed E-state index contributed by atoms with van der Waals surface area (Å²) in [5.74, 6) is 0.847. The largest absolute Gasteiger partial charge is 0.467 e. The highest BCUT2D eigenvalue weighted by Gasteiger charge is 1.94. The van der Waals surface area contributed by atoms with Gasteiger partial charge in [0.05, 0.1) is 12.9 Å². The van der Waals surface area contributed by atoms with Crippen LogP contribution in [0.25, 0.3) is 0 Å². The maximum Gasteiger partial charge on any atom is 0.295 e. The van der Waals surface area contributed by atoms with Crippen molar-refractivity contribution in [2.45, 2.75) is 6.61 Å². The number of furan rings is 1. The standard InChI is InChI=1S/C5H12O4Si3/c10-8-12-9-11-7-4-5-2-1-3-6-5/h1-3H,4,11-12H2,10H3. The molecule has 0 saturated carbocycles. The minimum atomic E-state index is -0.823. The monoisotopic (exact) mass is 220 g/mol. The van der Waals surface area contributed by atoms with E-state index >= 15 is 0 Å². The van der Waals surface area contributed by atoms with E-state index in [4.69, 9.17) is 17.1 Å². The molecule has 0 unspecified atom stereocenters. The third-order valence-electron chi connectivity index (χ3n) is 1.19. The van der Waals surface area contributed by atoms with Gasteiger partial charge in [-0.1, -0.05) is 0 Å². The maximum absolute atomic E-state index is 5.27. The molecule has 1 heterocycles. The molecule has 0 fully saturated rings. The zero-order valence-electron chi connectivity index (χ0n) is 6.99. The van der Waals surface area contributed by atoms with E-state index < -0.39 is 20.0 Å². The molecule has 0 spiro atoms. The van der Waals surface area contributed by atoms with Gasteiger partial charge in [-0.3, -0.25) is 0 Å². The summed E-state index contributed by atoms with van der Waals surface area (Å²) < 4.78 is 20.5. The molecule has 4 nitrogen and oxygen atoms in total. The lowest BCUT2D eigenvalue weighted by atomic mass is 10.5. The Hall–Kier alpha value is -0.189. The summed E-state index contributed by atoms with van der Waals surface area (Å²) in [5, 5.41) is 0. The predicted octanol–water partition coefficient (Wildman–Crippen LogP) is -1.89. The molecule has 1 aromatic heterocycles. The second-order valence-corrected chi connectivity index (χ2v) is 6.98. The third kappa shape index (κ3) is 3.99. The summed E-state index contributed by atoms with van der Waals surface area (Å²) in [5.41, 5.74) is 0. The summed E-state index contributed by atoms with van der Waals surface area (Å²) in [6, 6.07) is 3.73. The van der Waals surface area contributed by atoms with Gasteiger partial charge >= 0.3 is 0 Å². The van der Waals surface area contributed by atoms with Crippen LogP contribution in [0.3, 0.4) is 0 Å². The van der Waals surface area contributed by atoms with Crippen LogP contribution in [0.1, 0.15) is 5.76 Å². The predicted molar refractivity (Wildman–Crippen MR) is 52.7 cm³/mol.